The molecular weight excluding hydrogens is 396 g/mol. The van der Waals surface area contributed by atoms with E-state index in [0.717, 1.165) is 15.7 Å². The van der Waals surface area contributed by atoms with Gasteiger partial charge < -0.3 is 10.6 Å². The minimum Gasteiger partial charge on any atom is -0.325 e. The van der Waals surface area contributed by atoms with E-state index in [4.69, 9.17) is 5.26 Å². The summed E-state index contributed by atoms with van der Waals surface area (Å²) in [6, 6.07) is 14.3. The van der Waals surface area contributed by atoms with Crippen LogP contribution < -0.4 is 10.6 Å². The lowest BCUT2D eigenvalue weighted by Crippen LogP contribution is -2.36. The summed E-state index contributed by atoms with van der Waals surface area (Å²) in [5.41, 5.74) is 2.72. The Balaban J connectivity index is 1.85. The molecule has 0 fully saturated rings. The van der Waals surface area contributed by atoms with Crippen LogP contribution in [0.5, 0.6) is 0 Å². The van der Waals surface area contributed by atoms with E-state index in [0.29, 0.717) is 11.3 Å². The van der Waals surface area contributed by atoms with Crippen LogP contribution in [0.2, 0.25) is 0 Å². The molecule has 2 N–H and O–H groups in total. The van der Waals surface area contributed by atoms with Gasteiger partial charge in [0.15, 0.2) is 0 Å². The van der Waals surface area contributed by atoms with Crippen molar-refractivity contribution in [3.8, 4) is 6.07 Å². The number of amides is 2. The van der Waals surface area contributed by atoms with E-state index >= 15 is 0 Å². The number of likely N-dealkylation sites (N-methyl/N-ethyl adjacent to an activating group) is 1. The zero-order valence-electron chi connectivity index (χ0n) is 14.5. The summed E-state index contributed by atoms with van der Waals surface area (Å²) in [5.74, 6) is -0.451. The molecule has 0 saturated carbocycles. The first-order chi connectivity index (χ1) is 12.4. The Kier molecular flexibility index (Phi) is 6.89. The second-order valence-corrected chi connectivity index (χ2v) is 6.84. The number of hydrogen-bond acceptors (Lipinski definition) is 4. The maximum Gasteiger partial charge on any atom is 0.238 e. The average Bonchev–Trinajstić information content (AvgIpc) is 2.57. The molecule has 0 aliphatic heterocycles. The van der Waals surface area contributed by atoms with Gasteiger partial charge >= 0.3 is 0 Å². The highest BCUT2D eigenvalue weighted by Crippen LogP contribution is 2.19. The lowest BCUT2D eigenvalue weighted by atomic mass is 10.2. The van der Waals surface area contributed by atoms with Gasteiger partial charge in [0.05, 0.1) is 24.7 Å². The third-order valence-electron chi connectivity index (χ3n) is 3.57. The smallest absolute Gasteiger partial charge is 0.238 e. The molecule has 6 nitrogen and oxygen atoms in total. The maximum absolute atomic E-state index is 12.2. The van der Waals surface area contributed by atoms with Crippen LogP contribution in [-0.4, -0.2) is 36.9 Å². The highest BCUT2D eigenvalue weighted by Gasteiger charge is 2.12. The minimum atomic E-state index is -0.254. The Morgan fingerprint density at radius 2 is 1.81 bits per heavy atom. The highest BCUT2D eigenvalue weighted by atomic mass is 79.9. The first-order valence-electron chi connectivity index (χ1n) is 7.92. The molecule has 2 rings (SSSR count). The van der Waals surface area contributed by atoms with Gasteiger partial charge in [-0.1, -0.05) is 22.0 Å². The van der Waals surface area contributed by atoms with Gasteiger partial charge in [-0.3, -0.25) is 14.5 Å². The number of carbonyl (C=O) groups is 2. The first kappa shape index (κ1) is 19.6. The summed E-state index contributed by atoms with van der Waals surface area (Å²) in [7, 11) is 1.69. The Labute approximate surface area is 160 Å². The SMILES string of the molecule is Cc1cc(Br)ccc1NC(=O)CN(C)CC(=O)Nc1cccc(C#N)c1. The third-order valence-corrected chi connectivity index (χ3v) is 4.06. The van der Waals surface area contributed by atoms with Crippen molar-refractivity contribution in [1.29, 1.82) is 5.26 Å². The molecule has 26 heavy (non-hydrogen) atoms. The Bertz CT molecular complexity index is 861. The van der Waals surface area contributed by atoms with E-state index in [1.165, 1.54) is 0 Å². The topological polar surface area (TPSA) is 85.2 Å². The van der Waals surface area contributed by atoms with Gasteiger partial charge in [0, 0.05) is 15.8 Å². The molecule has 0 bridgehead atoms. The van der Waals surface area contributed by atoms with Gasteiger partial charge in [-0.05, 0) is 55.9 Å². The molecule has 0 aliphatic carbocycles. The molecule has 2 aromatic carbocycles. The number of hydrogen-bond donors (Lipinski definition) is 2. The van der Waals surface area contributed by atoms with Crippen molar-refractivity contribution in [2.24, 2.45) is 0 Å². The fourth-order valence-corrected chi connectivity index (χ4v) is 2.85. The molecule has 0 radical (unpaired) electrons. The van der Waals surface area contributed by atoms with Crippen LogP contribution in [-0.2, 0) is 9.59 Å². The van der Waals surface area contributed by atoms with E-state index < -0.39 is 0 Å². The molecular formula is C19H19BrN4O2. The predicted molar refractivity (Wildman–Crippen MR) is 105 cm³/mol. The number of nitriles is 1. The number of anilines is 2. The van der Waals surface area contributed by atoms with Crippen molar-refractivity contribution < 1.29 is 9.59 Å². The number of aryl methyl sites for hydroxylation is 1. The largest absolute Gasteiger partial charge is 0.325 e. The zero-order chi connectivity index (χ0) is 19.1. The van der Waals surface area contributed by atoms with Crippen LogP contribution in [0.25, 0.3) is 0 Å². The van der Waals surface area contributed by atoms with Crippen LogP contribution in [0.1, 0.15) is 11.1 Å². The van der Waals surface area contributed by atoms with Gasteiger partial charge in [-0.25, -0.2) is 0 Å². The lowest BCUT2D eigenvalue weighted by Gasteiger charge is -2.16. The Morgan fingerprint density at radius 1 is 1.12 bits per heavy atom. The van der Waals surface area contributed by atoms with Crippen LogP contribution in [0, 0.1) is 18.3 Å². The normalized spacial score (nSPS) is 10.3. The standard InChI is InChI=1S/C19H19BrN4O2/c1-13-8-15(20)6-7-17(13)23-19(26)12-24(2)11-18(25)22-16-5-3-4-14(9-16)10-21/h3-9H,11-12H2,1-2H3,(H,22,25)(H,23,26). The second kappa shape index (κ2) is 9.13. The molecule has 2 aromatic rings. The monoisotopic (exact) mass is 414 g/mol. The van der Waals surface area contributed by atoms with Gasteiger partial charge in [0.1, 0.15) is 0 Å². The number of nitrogens with zero attached hydrogens (tertiary/aromatic N) is 2. The molecule has 0 spiro atoms. The molecule has 7 heteroatoms. The van der Waals surface area contributed by atoms with E-state index in [1.807, 2.05) is 31.2 Å². The number of benzene rings is 2. The zero-order valence-corrected chi connectivity index (χ0v) is 16.1. The first-order valence-corrected chi connectivity index (χ1v) is 8.71. The van der Waals surface area contributed by atoms with Crippen molar-refractivity contribution in [3.05, 3.63) is 58.1 Å². The van der Waals surface area contributed by atoms with Crippen LogP contribution in [0.3, 0.4) is 0 Å². The number of nitrogens with one attached hydrogen (secondary N) is 2. The Hall–Kier alpha value is -2.69. The highest BCUT2D eigenvalue weighted by molar-refractivity contribution is 9.10. The van der Waals surface area contributed by atoms with Crippen LogP contribution in [0.4, 0.5) is 11.4 Å². The molecule has 2 amide bonds. The summed E-state index contributed by atoms with van der Waals surface area (Å²) >= 11 is 3.38. The second-order valence-electron chi connectivity index (χ2n) is 5.92. The van der Waals surface area contributed by atoms with E-state index in [-0.39, 0.29) is 24.9 Å². The molecule has 0 aliphatic rings. The molecule has 0 atom stereocenters. The summed E-state index contributed by atoms with van der Waals surface area (Å²) in [6.45, 7) is 2.05. The number of carbonyl (C=O) groups excluding carboxylic acids is 2. The molecule has 0 heterocycles. The minimum absolute atomic E-state index is 0.0590. The quantitative estimate of drug-likeness (QED) is 0.759. The van der Waals surface area contributed by atoms with Crippen molar-refractivity contribution in [2.45, 2.75) is 6.92 Å². The van der Waals surface area contributed by atoms with Crippen LogP contribution >= 0.6 is 15.9 Å². The fraction of sp³-hybridized carbons (Fsp3) is 0.211. The summed E-state index contributed by atoms with van der Waals surface area (Å²) in [6.07, 6.45) is 0. The number of halogens is 1. The van der Waals surface area contributed by atoms with Gasteiger partial charge in [-0.2, -0.15) is 5.26 Å². The summed E-state index contributed by atoms with van der Waals surface area (Å²) in [4.78, 5) is 25.9. The lowest BCUT2D eigenvalue weighted by molar-refractivity contribution is -0.119. The third kappa shape index (κ3) is 5.99. The fourth-order valence-electron chi connectivity index (χ4n) is 2.37. The average molecular weight is 415 g/mol. The predicted octanol–water partition coefficient (Wildman–Crippen LogP) is 3.14. The van der Waals surface area contributed by atoms with Crippen molar-refractivity contribution in [2.75, 3.05) is 30.8 Å². The van der Waals surface area contributed by atoms with Gasteiger partial charge in [-0.15, -0.1) is 0 Å². The number of rotatable bonds is 6. The van der Waals surface area contributed by atoms with Crippen molar-refractivity contribution in [1.82, 2.24) is 4.90 Å². The van der Waals surface area contributed by atoms with Gasteiger partial charge in [0.25, 0.3) is 0 Å². The summed E-state index contributed by atoms with van der Waals surface area (Å²) in [5, 5.41) is 14.4. The Morgan fingerprint density at radius 3 is 2.46 bits per heavy atom. The van der Waals surface area contributed by atoms with E-state index in [2.05, 4.69) is 26.6 Å². The van der Waals surface area contributed by atoms with Crippen molar-refractivity contribution >= 4 is 39.1 Å². The molecule has 0 unspecified atom stereocenters. The van der Waals surface area contributed by atoms with E-state index in [9.17, 15) is 9.59 Å². The molecule has 0 aromatic heterocycles. The van der Waals surface area contributed by atoms with E-state index in [1.54, 1.807) is 36.2 Å². The van der Waals surface area contributed by atoms with Crippen LogP contribution in [0.15, 0.2) is 46.9 Å². The molecule has 0 saturated heterocycles. The maximum atomic E-state index is 12.2. The molecule has 134 valence electrons. The van der Waals surface area contributed by atoms with Gasteiger partial charge in [0.2, 0.25) is 11.8 Å². The van der Waals surface area contributed by atoms with Crippen molar-refractivity contribution in [3.63, 3.8) is 0 Å². The summed E-state index contributed by atoms with van der Waals surface area (Å²) < 4.78 is 0.947.